The van der Waals surface area contributed by atoms with Crippen LogP contribution in [0.1, 0.15) is 62.5 Å². The predicted octanol–water partition coefficient (Wildman–Crippen LogP) is 3.83. The molecular weight excluding hydrogens is 457 g/mol. The van der Waals surface area contributed by atoms with E-state index in [0.29, 0.717) is 18.0 Å². The Morgan fingerprint density at radius 3 is 2.75 bits per heavy atom. The zero-order chi connectivity index (χ0) is 24.8. The third-order valence-corrected chi connectivity index (χ3v) is 7.38. The van der Waals surface area contributed by atoms with E-state index in [2.05, 4.69) is 31.6 Å². The van der Waals surface area contributed by atoms with Crippen LogP contribution >= 0.6 is 0 Å². The topological polar surface area (TPSA) is 91.7 Å². The highest BCUT2D eigenvalue weighted by molar-refractivity contribution is 5.94. The van der Waals surface area contributed by atoms with Gasteiger partial charge in [-0.15, -0.1) is 0 Å². The number of pyridine rings is 1. The largest absolute Gasteiger partial charge is 0.355 e. The van der Waals surface area contributed by atoms with E-state index in [-0.39, 0.29) is 17.8 Å². The van der Waals surface area contributed by atoms with Crippen molar-refractivity contribution in [1.82, 2.24) is 30.3 Å². The van der Waals surface area contributed by atoms with Crippen molar-refractivity contribution in [1.29, 1.82) is 0 Å². The number of fused-ring (bicyclic) bond motifs is 1. The minimum Gasteiger partial charge on any atom is -0.355 e. The van der Waals surface area contributed by atoms with Gasteiger partial charge in [0.25, 0.3) is 5.91 Å². The van der Waals surface area contributed by atoms with Gasteiger partial charge in [0.2, 0.25) is 0 Å². The molecule has 1 amide bonds. The molecule has 4 heterocycles. The lowest BCUT2D eigenvalue weighted by atomic mass is 9.91. The van der Waals surface area contributed by atoms with Crippen LogP contribution in [0.4, 0.5) is 10.2 Å². The lowest BCUT2D eigenvalue weighted by Crippen LogP contribution is -2.45. The maximum absolute atomic E-state index is 13.2. The molecule has 0 saturated carbocycles. The van der Waals surface area contributed by atoms with Crippen molar-refractivity contribution >= 4 is 11.7 Å². The van der Waals surface area contributed by atoms with Crippen molar-refractivity contribution in [2.45, 2.75) is 45.2 Å². The summed E-state index contributed by atoms with van der Waals surface area (Å²) >= 11 is 0. The van der Waals surface area contributed by atoms with Gasteiger partial charge in [0.05, 0.1) is 30.0 Å². The highest BCUT2D eigenvalue weighted by Crippen LogP contribution is 2.32. The number of anilines is 1. The number of halogens is 1. The van der Waals surface area contributed by atoms with Gasteiger partial charge in [-0.25, -0.2) is 9.37 Å². The Morgan fingerprint density at radius 1 is 1.17 bits per heavy atom. The Balaban J connectivity index is 1.07. The number of hydrogen-bond acceptors (Lipinski definition) is 5. The highest BCUT2D eigenvalue weighted by Gasteiger charge is 2.30. The van der Waals surface area contributed by atoms with Crippen LogP contribution in [0.15, 0.2) is 48.8 Å². The van der Waals surface area contributed by atoms with Crippen molar-refractivity contribution in [3.63, 3.8) is 0 Å². The van der Waals surface area contributed by atoms with E-state index < -0.39 is 0 Å². The van der Waals surface area contributed by atoms with E-state index in [4.69, 9.17) is 4.98 Å². The third-order valence-electron chi connectivity index (χ3n) is 7.38. The van der Waals surface area contributed by atoms with Crippen LogP contribution in [0.3, 0.4) is 0 Å². The number of hydrogen-bond donors (Lipinski definition) is 2. The summed E-state index contributed by atoms with van der Waals surface area (Å²) in [4.78, 5) is 19.9. The van der Waals surface area contributed by atoms with Gasteiger partial charge in [-0.05, 0) is 61.6 Å². The van der Waals surface area contributed by atoms with E-state index >= 15 is 0 Å². The quantitative estimate of drug-likeness (QED) is 0.433. The molecule has 184 valence electrons. The van der Waals surface area contributed by atoms with Crippen LogP contribution < -0.4 is 10.2 Å². The van der Waals surface area contributed by atoms with Gasteiger partial charge in [-0.3, -0.25) is 14.6 Å². The highest BCUT2D eigenvalue weighted by atomic mass is 19.1. The molecule has 1 aliphatic carbocycles. The number of benzene rings is 1. The molecule has 1 aliphatic heterocycles. The summed E-state index contributed by atoms with van der Waals surface area (Å²) in [5, 5.41) is 14.9. The lowest BCUT2D eigenvalue weighted by molar-refractivity contribution is 0.0936. The first-order valence-electron chi connectivity index (χ1n) is 12.3. The minimum atomic E-state index is -0.204. The molecule has 0 unspecified atom stereocenters. The zero-order valence-electron chi connectivity index (χ0n) is 20.3. The van der Waals surface area contributed by atoms with Crippen LogP contribution in [0, 0.1) is 19.7 Å². The van der Waals surface area contributed by atoms with Crippen LogP contribution in [-0.4, -0.2) is 44.0 Å². The average Bonchev–Trinajstić information content (AvgIpc) is 3.55. The standard InChI is InChI=1S/C27H28FN7O/c1-16-19(5-10-25(30-16)34-12-21(13-34)18-3-6-22(28)7-4-18)14-35-15-20(11-29-35)27(36)31-24-9-8-23-17(2)32-33-26(23)24/h3-7,10-11,15,21,24H,8-9,12-14H2,1-2H3,(H,31,36)(H,32,33)/t24-/m1/s1. The first kappa shape index (κ1) is 22.5. The fourth-order valence-corrected chi connectivity index (χ4v) is 5.16. The van der Waals surface area contributed by atoms with E-state index in [0.717, 1.165) is 60.0 Å². The van der Waals surface area contributed by atoms with Crippen LogP contribution in [-0.2, 0) is 13.0 Å². The molecule has 1 aromatic carbocycles. The first-order valence-corrected chi connectivity index (χ1v) is 12.3. The average molecular weight is 486 g/mol. The van der Waals surface area contributed by atoms with E-state index in [9.17, 15) is 9.18 Å². The number of carbonyl (C=O) groups excluding carboxylic acids is 1. The number of nitrogens with one attached hydrogen (secondary N) is 2. The molecule has 8 nitrogen and oxygen atoms in total. The van der Waals surface area contributed by atoms with Gasteiger partial charge < -0.3 is 10.2 Å². The number of aryl methyl sites for hydroxylation is 2. The lowest BCUT2D eigenvalue weighted by Gasteiger charge is -2.40. The SMILES string of the molecule is Cc1nc(N2CC(c3ccc(F)cc3)C2)ccc1Cn1cc(C(=O)N[C@@H]2CCc3c2n[nH]c3C)cn1. The molecule has 1 atom stereocenters. The Kier molecular flexibility index (Phi) is 5.55. The molecule has 9 heteroatoms. The van der Waals surface area contributed by atoms with Gasteiger partial charge in [0, 0.05) is 36.6 Å². The van der Waals surface area contributed by atoms with Gasteiger partial charge in [-0.2, -0.15) is 10.2 Å². The van der Waals surface area contributed by atoms with Crippen molar-refractivity contribution < 1.29 is 9.18 Å². The fraction of sp³-hybridized carbons (Fsp3) is 0.333. The number of nitrogens with zero attached hydrogens (tertiary/aromatic N) is 5. The Hall–Kier alpha value is -4.01. The summed E-state index contributed by atoms with van der Waals surface area (Å²) in [6.45, 7) is 6.29. The Bertz CT molecular complexity index is 1420. The normalized spacial score (nSPS) is 17.2. The van der Waals surface area contributed by atoms with Crippen molar-refractivity contribution in [3.8, 4) is 0 Å². The molecule has 6 rings (SSSR count). The van der Waals surface area contributed by atoms with Gasteiger partial charge >= 0.3 is 0 Å². The van der Waals surface area contributed by atoms with Gasteiger partial charge in [0.15, 0.2) is 0 Å². The third kappa shape index (κ3) is 4.14. The summed E-state index contributed by atoms with van der Waals surface area (Å²) in [6, 6.07) is 10.8. The van der Waals surface area contributed by atoms with E-state index in [1.54, 1.807) is 17.1 Å². The second kappa shape index (κ2) is 8.89. The summed E-state index contributed by atoms with van der Waals surface area (Å²) in [5.41, 5.74) is 6.92. The maximum Gasteiger partial charge on any atom is 0.255 e. The summed E-state index contributed by atoms with van der Waals surface area (Å²) < 4.78 is 14.9. The second-order valence-electron chi connectivity index (χ2n) is 9.77. The first-order chi connectivity index (χ1) is 17.4. The van der Waals surface area contributed by atoms with Crippen LogP contribution in [0.5, 0.6) is 0 Å². The molecule has 0 bridgehead atoms. The van der Waals surface area contributed by atoms with E-state index in [1.807, 2.05) is 32.0 Å². The maximum atomic E-state index is 13.2. The number of aromatic nitrogens is 5. The molecule has 1 fully saturated rings. The molecule has 0 spiro atoms. The van der Waals surface area contributed by atoms with Crippen molar-refractivity contribution in [2.24, 2.45) is 0 Å². The van der Waals surface area contributed by atoms with E-state index in [1.165, 1.54) is 17.7 Å². The predicted molar refractivity (Wildman–Crippen MR) is 134 cm³/mol. The molecule has 36 heavy (non-hydrogen) atoms. The van der Waals surface area contributed by atoms with Crippen LogP contribution in [0.25, 0.3) is 0 Å². The summed E-state index contributed by atoms with van der Waals surface area (Å²) in [6.07, 6.45) is 5.17. The van der Waals surface area contributed by atoms with Gasteiger partial charge in [-0.1, -0.05) is 18.2 Å². The molecule has 4 aromatic rings. The molecular formula is C27H28FN7O. The summed E-state index contributed by atoms with van der Waals surface area (Å²) in [7, 11) is 0. The van der Waals surface area contributed by atoms with Crippen molar-refractivity contribution in [2.75, 3.05) is 18.0 Å². The zero-order valence-corrected chi connectivity index (χ0v) is 20.3. The smallest absolute Gasteiger partial charge is 0.255 e. The molecule has 1 saturated heterocycles. The number of H-pyrrole nitrogens is 1. The number of carbonyl (C=O) groups is 1. The Morgan fingerprint density at radius 2 is 1.97 bits per heavy atom. The summed E-state index contributed by atoms with van der Waals surface area (Å²) in [5.74, 6) is 0.997. The number of rotatable bonds is 6. The van der Waals surface area contributed by atoms with Crippen molar-refractivity contribution in [3.05, 3.63) is 93.9 Å². The minimum absolute atomic E-state index is 0.0658. The molecule has 2 N–H and O–H groups in total. The fourth-order valence-electron chi connectivity index (χ4n) is 5.16. The Labute approximate surface area is 208 Å². The molecule has 0 radical (unpaired) electrons. The molecule has 3 aromatic heterocycles. The second-order valence-corrected chi connectivity index (χ2v) is 9.77. The molecule has 2 aliphatic rings. The van der Waals surface area contributed by atoms with Gasteiger partial charge in [0.1, 0.15) is 11.6 Å². The van der Waals surface area contributed by atoms with Crippen LogP contribution in [0.2, 0.25) is 0 Å². The monoisotopic (exact) mass is 485 g/mol. The number of amides is 1. The number of aromatic amines is 1.